The molecule has 0 amide bonds. The number of phosphoric acid groups is 1. The van der Waals surface area contributed by atoms with Gasteiger partial charge in [0.1, 0.15) is 0 Å². The fraction of sp³-hybridized carbons (Fsp3) is 1.00. The van der Waals surface area contributed by atoms with E-state index in [0.29, 0.717) is 6.61 Å². The molecular weight excluding hydrogens is 229 g/mol. The Balaban J connectivity index is -0.000000605. The van der Waals surface area contributed by atoms with Gasteiger partial charge in [-0.25, -0.2) is 0 Å². The van der Waals surface area contributed by atoms with E-state index in [2.05, 4.69) is 4.52 Å². The van der Waals surface area contributed by atoms with Crippen LogP contribution in [0.2, 0.25) is 0 Å². The van der Waals surface area contributed by atoms with Crippen LogP contribution in [0.1, 0.15) is 19.8 Å². The third kappa shape index (κ3) is 19.6. The summed E-state index contributed by atoms with van der Waals surface area (Å²) in [6.45, 7) is 2.55. The first-order valence-corrected chi connectivity index (χ1v) is 5.26. The van der Waals surface area contributed by atoms with Crippen molar-refractivity contribution in [1.82, 2.24) is 0 Å². The van der Waals surface area contributed by atoms with Gasteiger partial charge < -0.3 is 23.6 Å². The summed E-state index contributed by atoms with van der Waals surface area (Å²) >= 11 is 0. The first kappa shape index (κ1) is 21.4. The van der Waals surface area contributed by atoms with Gasteiger partial charge in [-0.3, -0.25) is 0 Å². The summed E-state index contributed by atoms with van der Waals surface area (Å²) in [5, 5.41) is 0. The van der Waals surface area contributed by atoms with Crippen molar-refractivity contribution in [1.29, 1.82) is 0 Å². The summed E-state index contributed by atoms with van der Waals surface area (Å²) in [7, 11) is -4.80. The van der Waals surface area contributed by atoms with E-state index in [0.717, 1.165) is 12.8 Å². The van der Waals surface area contributed by atoms with Crippen LogP contribution in [0.3, 0.4) is 0 Å². The Morgan fingerprint density at radius 1 is 1.14 bits per heavy atom. The number of phosphoric ester groups is 1. The molecule has 0 atom stereocenters. The van der Waals surface area contributed by atoms with Crippen LogP contribution >= 0.6 is 7.82 Å². The van der Waals surface area contributed by atoms with Gasteiger partial charge in [-0.15, -0.1) is 0 Å². The van der Waals surface area contributed by atoms with E-state index in [1.54, 1.807) is 0 Å². The molecule has 0 radical (unpaired) electrons. The summed E-state index contributed by atoms with van der Waals surface area (Å²) in [6.07, 6.45) is 1.94. The molecule has 0 N–H and O–H groups in total. The van der Waals surface area contributed by atoms with Crippen molar-refractivity contribution >= 4 is 7.82 Å². The monoisotopic (exact) mass is 242 g/mol. The van der Waals surface area contributed by atoms with Crippen LogP contribution in [0.5, 0.6) is 0 Å². The molecule has 14 heavy (non-hydrogen) atoms. The zero-order chi connectivity index (χ0) is 9.45. The molecule has 0 saturated heterocycles. The van der Waals surface area contributed by atoms with Crippen molar-refractivity contribution in [3.8, 4) is 0 Å². The zero-order valence-electron chi connectivity index (χ0n) is 9.02. The minimum absolute atomic E-state index is 0. The summed E-state index contributed by atoms with van der Waals surface area (Å²) in [6, 6.07) is 0. The van der Waals surface area contributed by atoms with Crippen molar-refractivity contribution in [2.24, 2.45) is 0 Å². The number of hydrogen-bond acceptors (Lipinski definition) is 5. The van der Waals surface area contributed by atoms with E-state index in [4.69, 9.17) is 4.74 Å². The molecule has 0 aliphatic heterocycles. The maximum Gasteiger partial charge on any atom is 1.00 e. The predicted octanol–water partition coefficient (Wildman–Crippen LogP) is -6.34. The molecule has 0 bridgehead atoms. The minimum atomic E-state index is -4.80. The van der Waals surface area contributed by atoms with E-state index in [1.165, 1.54) is 0 Å². The van der Waals surface area contributed by atoms with Crippen LogP contribution in [0, 0.1) is 0 Å². The molecule has 8 heteroatoms. The Kier molecular flexibility index (Phi) is 20.0. The van der Waals surface area contributed by atoms with Gasteiger partial charge >= 0.3 is 59.1 Å². The van der Waals surface area contributed by atoms with E-state index >= 15 is 0 Å². The average Bonchev–Trinajstić information content (AvgIpc) is 1.94. The van der Waals surface area contributed by atoms with E-state index in [-0.39, 0.29) is 72.3 Å². The topological polar surface area (TPSA) is 81.7 Å². The van der Waals surface area contributed by atoms with Gasteiger partial charge in [-0.05, 0) is 6.42 Å². The van der Waals surface area contributed by atoms with Gasteiger partial charge in [0.2, 0.25) is 0 Å². The fourth-order valence-corrected chi connectivity index (χ4v) is 0.855. The first-order chi connectivity index (χ1) is 5.56. The molecule has 0 heterocycles. The molecular formula is C6H13Na2O5P. The maximum atomic E-state index is 9.91. The molecule has 0 spiro atoms. The van der Waals surface area contributed by atoms with Crippen molar-refractivity contribution in [2.75, 3.05) is 19.8 Å². The summed E-state index contributed by atoms with van der Waals surface area (Å²) < 4.78 is 18.8. The van der Waals surface area contributed by atoms with E-state index < -0.39 is 7.82 Å². The summed E-state index contributed by atoms with van der Waals surface area (Å²) in [5.41, 5.74) is 0. The zero-order valence-corrected chi connectivity index (χ0v) is 13.9. The van der Waals surface area contributed by atoms with E-state index in [9.17, 15) is 14.4 Å². The number of ether oxygens (including phenoxy) is 1. The Hall–Kier alpha value is 2.07. The van der Waals surface area contributed by atoms with Crippen LogP contribution in [-0.2, 0) is 13.8 Å². The van der Waals surface area contributed by atoms with Crippen molar-refractivity contribution in [3.63, 3.8) is 0 Å². The quantitative estimate of drug-likeness (QED) is 0.252. The van der Waals surface area contributed by atoms with E-state index in [1.807, 2.05) is 6.92 Å². The standard InChI is InChI=1S/C6H15O5P.2Na/c1-2-3-4-10-5-6-11-12(7,8)9;;/h2-6H2,1H3,(H2,7,8,9);;/q;2*+1/p-2. The van der Waals surface area contributed by atoms with Crippen LogP contribution < -0.4 is 68.9 Å². The van der Waals surface area contributed by atoms with Crippen LogP contribution in [0.15, 0.2) is 0 Å². The molecule has 0 aromatic heterocycles. The molecule has 0 rings (SSSR count). The second-order valence-electron chi connectivity index (χ2n) is 2.25. The van der Waals surface area contributed by atoms with Crippen molar-refractivity contribution in [3.05, 3.63) is 0 Å². The summed E-state index contributed by atoms with van der Waals surface area (Å²) in [4.78, 5) is 19.8. The van der Waals surface area contributed by atoms with Gasteiger partial charge in [0.25, 0.3) is 0 Å². The minimum Gasteiger partial charge on any atom is -0.790 e. The number of unbranched alkanes of at least 4 members (excludes halogenated alkanes) is 1. The smallest absolute Gasteiger partial charge is 0.790 e. The average molecular weight is 242 g/mol. The molecule has 0 aromatic carbocycles. The molecule has 0 aromatic rings. The fourth-order valence-electron chi connectivity index (χ4n) is 0.556. The van der Waals surface area contributed by atoms with Crippen LogP contribution in [-0.4, -0.2) is 19.8 Å². The second-order valence-corrected chi connectivity index (χ2v) is 3.40. The third-order valence-corrected chi connectivity index (χ3v) is 1.62. The van der Waals surface area contributed by atoms with Crippen LogP contribution in [0.4, 0.5) is 0 Å². The Labute approximate surface area is 129 Å². The first-order valence-electron chi connectivity index (χ1n) is 3.80. The predicted molar refractivity (Wildman–Crippen MR) is 39.3 cm³/mol. The number of rotatable bonds is 7. The molecule has 0 aliphatic rings. The molecule has 0 saturated carbocycles. The molecule has 0 aliphatic carbocycles. The third-order valence-electron chi connectivity index (χ3n) is 1.12. The van der Waals surface area contributed by atoms with Crippen LogP contribution in [0.25, 0.3) is 0 Å². The van der Waals surface area contributed by atoms with Gasteiger partial charge in [-0.2, -0.15) is 0 Å². The second kappa shape index (κ2) is 13.1. The number of hydrogen-bond donors (Lipinski definition) is 0. The molecule has 74 valence electrons. The summed E-state index contributed by atoms with van der Waals surface area (Å²) in [5.74, 6) is 0. The largest absolute Gasteiger partial charge is 1.00 e. The van der Waals surface area contributed by atoms with Gasteiger partial charge in [0.05, 0.1) is 21.0 Å². The Morgan fingerprint density at radius 2 is 1.71 bits per heavy atom. The molecule has 0 unspecified atom stereocenters. The molecule has 5 nitrogen and oxygen atoms in total. The van der Waals surface area contributed by atoms with Gasteiger partial charge in [0.15, 0.2) is 0 Å². The van der Waals surface area contributed by atoms with Crippen molar-refractivity contribution < 1.29 is 82.7 Å². The Morgan fingerprint density at radius 3 is 2.14 bits per heavy atom. The van der Waals surface area contributed by atoms with Gasteiger partial charge in [-0.1, -0.05) is 13.3 Å². The van der Waals surface area contributed by atoms with Crippen molar-refractivity contribution in [2.45, 2.75) is 19.8 Å². The van der Waals surface area contributed by atoms with Gasteiger partial charge in [0, 0.05) is 6.61 Å². The SMILES string of the molecule is CCCCOCCOP(=O)([O-])[O-].[Na+].[Na+]. The normalized spacial score (nSPS) is 10.2. The molecule has 0 fully saturated rings. The Bertz CT molecular complexity index is 151. The maximum absolute atomic E-state index is 9.91.